The van der Waals surface area contributed by atoms with Crippen LogP contribution in [0.2, 0.25) is 0 Å². The summed E-state index contributed by atoms with van der Waals surface area (Å²) in [5, 5.41) is 44.1. The van der Waals surface area contributed by atoms with Crippen molar-refractivity contribution in [2.45, 2.75) is 372 Å². The second-order valence-electron chi connectivity index (χ2n) is 22.8. The predicted molar refractivity (Wildman–Crippen MR) is 325 cm³/mol. The Labute approximate surface area is 461 Å². The Morgan fingerprint density at radius 3 is 0.851 bits per heavy atom. The lowest BCUT2D eigenvalue weighted by Crippen LogP contribution is -2.53. The van der Waals surface area contributed by atoms with Crippen molar-refractivity contribution in [3.63, 3.8) is 0 Å². The smallest absolute Gasteiger partial charge is 0.249 e. The van der Waals surface area contributed by atoms with Gasteiger partial charge in [-0.2, -0.15) is 0 Å². The van der Waals surface area contributed by atoms with Crippen molar-refractivity contribution in [3.8, 4) is 0 Å². The van der Waals surface area contributed by atoms with Gasteiger partial charge in [-0.15, -0.1) is 0 Å². The number of amides is 1. The molecule has 436 valence electrons. The van der Waals surface area contributed by atoms with E-state index in [1.807, 2.05) is 0 Å². The fourth-order valence-electron chi connectivity index (χ4n) is 10.3. The van der Waals surface area contributed by atoms with E-state index in [-0.39, 0.29) is 0 Å². The molecule has 0 saturated carbocycles. The minimum atomic E-state index is -1.30. The average molecular weight is 1040 g/mol. The lowest BCUT2D eigenvalue weighted by Gasteiger charge is -2.27. The first-order valence-corrected chi connectivity index (χ1v) is 33.0. The number of carbonyl (C=O) groups is 1. The maximum Gasteiger partial charge on any atom is 0.249 e. The first-order valence-electron chi connectivity index (χ1n) is 33.0. The molecule has 6 heteroatoms. The summed E-state index contributed by atoms with van der Waals surface area (Å²) >= 11 is 0. The number of unbranched alkanes of at least 4 members (excludes halogenated alkanes) is 44. The summed E-state index contributed by atoms with van der Waals surface area (Å²) in [6.45, 7) is 4.08. The van der Waals surface area contributed by atoms with E-state index < -0.39 is 36.9 Å². The molecule has 0 bridgehead atoms. The molecule has 0 aliphatic heterocycles. The molecule has 0 aromatic carbocycles. The minimum Gasteiger partial charge on any atom is -0.394 e. The lowest BCUT2D eigenvalue weighted by molar-refractivity contribution is -0.132. The topological polar surface area (TPSA) is 110 Å². The van der Waals surface area contributed by atoms with Crippen molar-refractivity contribution in [2.24, 2.45) is 0 Å². The van der Waals surface area contributed by atoms with Crippen LogP contribution in [0, 0.1) is 0 Å². The summed E-state index contributed by atoms with van der Waals surface area (Å²) in [5.74, 6) is -0.596. The molecule has 0 rings (SSSR count). The van der Waals surface area contributed by atoms with Crippen LogP contribution in [0.3, 0.4) is 0 Å². The molecular weight excluding hydrogens is 911 g/mol. The molecule has 0 heterocycles. The van der Waals surface area contributed by atoms with E-state index in [1.54, 1.807) is 0 Å². The number of rotatable bonds is 61. The third-order valence-corrected chi connectivity index (χ3v) is 15.5. The molecule has 5 N–H and O–H groups in total. The molecule has 0 aromatic heterocycles. The Balaban J connectivity index is 3.65. The molecule has 6 nitrogen and oxygen atoms in total. The van der Waals surface area contributed by atoms with Gasteiger partial charge < -0.3 is 25.7 Å². The van der Waals surface area contributed by atoms with Crippen molar-refractivity contribution in [3.05, 3.63) is 48.6 Å². The van der Waals surface area contributed by atoms with Gasteiger partial charge in [-0.1, -0.05) is 306 Å². The highest BCUT2D eigenvalue weighted by atomic mass is 16.3. The molecule has 0 saturated heterocycles. The SMILES string of the molecule is CCCCCCCCCCCCCC/C=C\CCCCCCCCCCCCCCCC(O)C(=O)NC(CO)C(O)C(O)CCC/C=C/CC/C=C/CC/C=C/CCCCCCCCCCCCCCCCCC. The number of hydrogen-bond donors (Lipinski definition) is 5. The van der Waals surface area contributed by atoms with Crippen LogP contribution in [-0.2, 0) is 4.79 Å². The highest BCUT2D eigenvalue weighted by Gasteiger charge is 2.28. The summed E-state index contributed by atoms with van der Waals surface area (Å²) in [6, 6.07) is -1.01. The maximum absolute atomic E-state index is 12.6. The number of nitrogens with one attached hydrogen (secondary N) is 1. The highest BCUT2D eigenvalue weighted by molar-refractivity contribution is 5.80. The zero-order valence-corrected chi connectivity index (χ0v) is 49.6. The fraction of sp³-hybridized carbons (Fsp3) is 0.868. The van der Waals surface area contributed by atoms with Crippen LogP contribution in [0.25, 0.3) is 0 Å². The highest BCUT2D eigenvalue weighted by Crippen LogP contribution is 2.18. The van der Waals surface area contributed by atoms with Gasteiger partial charge in [0.1, 0.15) is 12.2 Å². The van der Waals surface area contributed by atoms with E-state index in [9.17, 15) is 25.2 Å². The lowest BCUT2D eigenvalue weighted by atomic mass is 10.00. The summed E-state index contributed by atoms with van der Waals surface area (Å²) in [6.07, 6.45) is 80.8. The van der Waals surface area contributed by atoms with Crippen LogP contribution in [-0.4, -0.2) is 57.3 Å². The van der Waals surface area contributed by atoms with Gasteiger partial charge in [-0.3, -0.25) is 4.79 Å². The molecule has 0 fully saturated rings. The van der Waals surface area contributed by atoms with Crippen LogP contribution in [0.5, 0.6) is 0 Å². The maximum atomic E-state index is 12.6. The average Bonchev–Trinajstić information content (AvgIpc) is 3.41. The standard InChI is InChI=1S/C68H129NO5/c1-3-5-7-9-11-13-15-17-19-21-23-25-27-29-31-33-35-37-39-41-43-45-47-49-51-53-55-57-59-61-65(71)67(73)64(63-70)69-68(74)66(72)62-60-58-56-54-52-50-48-46-44-42-40-38-36-34-32-30-28-26-24-22-20-18-16-14-12-10-8-6-4-2/h30,32,37,39,45,47,53,55,64-67,70-73H,3-29,31,33-36,38,40-44,46,48-52,54,56-63H2,1-2H3,(H,69,74)/b32-30-,39-37+,47-45+,55-53+. The summed E-state index contributed by atoms with van der Waals surface area (Å²) < 4.78 is 0. The van der Waals surface area contributed by atoms with Gasteiger partial charge in [0, 0.05) is 0 Å². The Kier molecular flexibility index (Phi) is 60.7. The molecule has 0 aromatic rings. The van der Waals surface area contributed by atoms with Crippen LogP contribution in [0.4, 0.5) is 0 Å². The van der Waals surface area contributed by atoms with Crippen LogP contribution < -0.4 is 5.32 Å². The molecule has 0 radical (unpaired) electrons. The Morgan fingerprint density at radius 2 is 0.568 bits per heavy atom. The molecular formula is C68H129NO5. The molecule has 4 atom stereocenters. The third-order valence-electron chi connectivity index (χ3n) is 15.5. The van der Waals surface area contributed by atoms with E-state index in [4.69, 9.17) is 0 Å². The van der Waals surface area contributed by atoms with Crippen LogP contribution in [0.1, 0.15) is 348 Å². The Bertz CT molecular complexity index is 1210. The first kappa shape index (κ1) is 72.3. The molecule has 0 aliphatic rings. The molecule has 74 heavy (non-hydrogen) atoms. The quantitative estimate of drug-likeness (QED) is 0.0308. The van der Waals surface area contributed by atoms with E-state index in [0.29, 0.717) is 19.3 Å². The third kappa shape index (κ3) is 55.0. The van der Waals surface area contributed by atoms with E-state index >= 15 is 0 Å². The van der Waals surface area contributed by atoms with Gasteiger partial charge >= 0.3 is 0 Å². The first-order chi connectivity index (χ1) is 36.5. The van der Waals surface area contributed by atoms with Crippen molar-refractivity contribution in [1.82, 2.24) is 5.32 Å². The monoisotopic (exact) mass is 1040 g/mol. The number of hydrogen-bond acceptors (Lipinski definition) is 5. The summed E-state index contributed by atoms with van der Waals surface area (Å²) in [7, 11) is 0. The summed E-state index contributed by atoms with van der Waals surface area (Å²) in [4.78, 5) is 12.6. The fourth-order valence-corrected chi connectivity index (χ4v) is 10.3. The molecule has 1 amide bonds. The normalized spacial score (nSPS) is 13.9. The van der Waals surface area contributed by atoms with Crippen molar-refractivity contribution in [2.75, 3.05) is 6.61 Å². The van der Waals surface area contributed by atoms with Crippen LogP contribution in [0.15, 0.2) is 48.6 Å². The minimum absolute atomic E-state index is 0.359. The van der Waals surface area contributed by atoms with Gasteiger partial charge in [0.05, 0.1) is 18.8 Å². The molecule has 4 unspecified atom stereocenters. The Morgan fingerprint density at radius 1 is 0.324 bits per heavy atom. The van der Waals surface area contributed by atoms with Crippen molar-refractivity contribution < 1.29 is 25.2 Å². The largest absolute Gasteiger partial charge is 0.394 e. The van der Waals surface area contributed by atoms with E-state index in [0.717, 1.165) is 51.4 Å². The number of allylic oxidation sites excluding steroid dienone is 8. The van der Waals surface area contributed by atoms with E-state index in [1.165, 1.54) is 263 Å². The van der Waals surface area contributed by atoms with Gasteiger partial charge in [0.25, 0.3) is 0 Å². The molecule has 0 spiro atoms. The number of carbonyl (C=O) groups excluding carboxylic acids is 1. The Hall–Kier alpha value is -1.73. The van der Waals surface area contributed by atoms with Gasteiger partial charge in [-0.25, -0.2) is 0 Å². The molecule has 0 aliphatic carbocycles. The van der Waals surface area contributed by atoms with Gasteiger partial charge in [0.15, 0.2) is 0 Å². The predicted octanol–water partition coefficient (Wildman–Crippen LogP) is 20.1. The van der Waals surface area contributed by atoms with Crippen molar-refractivity contribution >= 4 is 5.91 Å². The number of aliphatic hydroxyl groups excluding tert-OH is 4. The second-order valence-corrected chi connectivity index (χ2v) is 22.8. The van der Waals surface area contributed by atoms with Crippen molar-refractivity contribution in [1.29, 1.82) is 0 Å². The van der Waals surface area contributed by atoms with E-state index in [2.05, 4.69) is 67.8 Å². The zero-order chi connectivity index (χ0) is 53.7. The van der Waals surface area contributed by atoms with Gasteiger partial charge in [-0.05, 0) is 89.9 Å². The summed E-state index contributed by atoms with van der Waals surface area (Å²) in [5.41, 5.74) is 0. The van der Waals surface area contributed by atoms with Gasteiger partial charge in [0.2, 0.25) is 5.91 Å². The second kappa shape index (κ2) is 62.1. The van der Waals surface area contributed by atoms with Crippen LogP contribution >= 0.6 is 0 Å². The zero-order valence-electron chi connectivity index (χ0n) is 49.6. The number of aliphatic hydroxyl groups is 4.